The Kier molecular flexibility index (Phi) is 4.91. The third-order valence-corrected chi connectivity index (χ3v) is 3.75. The van der Waals surface area contributed by atoms with Crippen molar-refractivity contribution in [1.29, 1.82) is 0 Å². The van der Waals surface area contributed by atoms with Crippen molar-refractivity contribution in [2.75, 3.05) is 7.05 Å². The van der Waals surface area contributed by atoms with E-state index >= 15 is 0 Å². The summed E-state index contributed by atoms with van der Waals surface area (Å²) in [5.74, 6) is -0.156. The van der Waals surface area contributed by atoms with Crippen LogP contribution in [-0.2, 0) is 12.8 Å². The summed E-state index contributed by atoms with van der Waals surface area (Å²) >= 11 is 0. The van der Waals surface area contributed by atoms with Gasteiger partial charge in [0.05, 0.1) is 0 Å². The molecule has 2 aromatic rings. The van der Waals surface area contributed by atoms with E-state index in [1.54, 1.807) is 6.07 Å². The van der Waals surface area contributed by atoms with Crippen LogP contribution in [0.5, 0.6) is 0 Å². The lowest BCUT2D eigenvalue weighted by atomic mass is 9.96. The summed E-state index contributed by atoms with van der Waals surface area (Å²) in [6.45, 7) is 4.14. The van der Waals surface area contributed by atoms with E-state index in [4.69, 9.17) is 0 Å². The lowest BCUT2D eigenvalue weighted by Gasteiger charge is -2.18. The van der Waals surface area contributed by atoms with Gasteiger partial charge in [0.15, 0.2) is 0 Å². The summed E-state index contributed by atoms with van der Waals surface area (Å²) in [7, 11) is 1.97. The first-order valence-electron chi connectivity index (χ1n) is 7.06. The van der Waals surface area contributed by atoms with Crippen molar-refractivity contribution in [2.45, 2.75) is 32.7 Å². The summed E-state index contributed by atoms with van der Waals surface area (Å²) in [6, 6.07) is 13.9. The number of hydrogen-bond acceptors (Lipinski definition) is 1. The van der Waals surface area contributed by atoms with Crippen LogP contribution in [0.25, 0.3) is 0 Å². The molecule has 0 heterocycles. The van der Waals surface area contributed by atoms with Crippen LogP contribution in [0.2, 0.25) is 0 Å². The molecule has 0 fully saturated rings. The zero-order valence-corrected chi connectivity index (χ0v) is 12.4. The van der Waals surface area contributed by atoms with Crippen molar-refractivity contribution >= 4 is 0 Å². The van der Waals surface area contributed by atoms with Gasteiger partial charge in [0.1, 0.15) is 5.82 Å². The Morgan fingerprint density at radius 3 is 2.55 bits per heavy atom. The van der Waals surface area contributed by atoms with Gasteiger partial charge >= 0.3 is 0 Å². The predicted octanol–water partition coefficient (Wildman–Crippen LogP) is 3.82. The van der Waals surface area contributed by atoms with E-state index in [0.717, 1.165) is 24.0 Å². The zero-order chi connectivity index (χ0) is 14.5. The maximum Gasteiger partial charge on any atom is 0.123 e. The molecular weight excluding hydrogens is 249 g/mol. The highest BCUT2D eigenvalue weighted by Gasteiger charge is 2.11. The van der Waals surface area contributed by atoms with E-state index in [9.17, 15) is 4.39 Å². The van der Waals surface area contributed by atoms with E-state index in [-0.39, 0.29) is 5.82 Å². The fourth-order valence-electron chi connectivity index (χ4n) is 2.53. The van der Waals surface area contributed by atoms with E-state index in [2.05, 4.69) is 36.5 Å². The number of hydrogen-bond donors (Lipinski definition) is 1. The van der Waals surface area contributed by atoms with Crippen molar-refractivity contribution in [2.24, 2.45) is 0 Å². The van der Waals surface area contributed by atoms with Gasteiger partial charge in [-0.15, -0.1) is 0 Å². The first-order chi connectivity index (χ1) is 9.58. The van der Waals surface area contributed by atoms with Crippen LogP contribution in [0.15, 0.2) is 42.5 Å². The van der Waals surface area contributed by atoms with Gasteiger partial charge in [-0.05, 0) is 62.6 Å². The molecule has 0 aliphatic carbocycles. The van der Waals surface area contributed by atoms with Crippen LogP contribution in [0, 0.1) is 19.7 Å². The molecule has 0 aromatic heterocycles. The van der Waals surface area contributed by atoms with E-state index < -0.39 is 0 Å². The summed E-state index contributed by atoms with van der Waals surface area (Å²) in [4.78, 5) is 0. The standard InChI is InChI=1S/C18H22FN/c1-13-5-4-6-15(9-13)10-18(20-3)12-16-11-17(19)8-7-14(16)2/h4-9,11,18,20H,10,12H2,1-3H3. The van der Waals surface area contributed by atoms with Crippen LogP contribution in [-0.4, -0.2) is 13.1 Å². The summed E-state index contributed by atoms with van der Waals surface area (Å²) in [6.07, 6.45) is 1.79. The fourth-order valence-corrected chi connectivity index (χ4v) is 2.53. The Morgan fingerprint density at radius 2 is 1.85 bits per heavy atom. The highest BCUT2D eigenvalue weighted by atomic mass is 19.1. The highest BCUT2D eigenvalue weighted by molar-refractivity contribution is 5.28. The van der Waals surface area contributed by atoms with Gasteiger partial charge in [-0.3, -0.25) is 0 Å². The maximum absolute atomic E-state index is 13.4. The van der Waals surface area contributed by atoms with Crippen LogP contribution >= 0.6 is 0 Å². The van der Waals surface area contributed by atoms with Crippen molar-refractivity contribution in [1.82, 2.24) is 5.32 Å². The molecule has 106 valence electrons. The second-order valence-corrected chi connectivity index (χ2v) is 5.45. The Morgan fingerprint density at radius 1 is 1.05 bits per heavy atom. The molecule has 1 unspecified atom stereocenters. The zero-order valence-electron chi connectivity index (χ0n) is 12.4. The molecule has 1 nitrogen and oxygen atoms in total. The maximum atomic E-state index is 13.4. The average Bonchev–Trinajstić information content (AvgIpc) is 2.42. The highest BCUT2D eigenvalue weighted by Crippen LogP contribution is 2.15. The molecular formula is C18H22FN. The van der Waals surface area contributed by atoms with Gasteiger partial charge in [-0.2, -0.15) is 0 Å². The van der Waals surface area contributed by atoms with Crippen LogP contribution in [0.3, 0.4) is 0 Å². The van der Waals surface area contributed by atoms with Gasteiger partial charge in [0, 0.05) is 6.04 Å². The SMILES string of the molecule is CNC(Cc1cccc(C)c1)Cc1cc(F)ccc1C. The van der Waals surface area contributed by atoms with Gasteiger partial charge in [-0.1, -0.05) is 35.9 Å². The minimum Gasteiger partial charge on any atom is -0.316 e. The van der Waals surface area contributed by atoms with Gasteiger partial charge < -0.3 is 5.32 Å². The number of likely N-dealkylation sites (N-methyl/N-ethyl adjacent to an activating group) is 1. The molecule has 0 spiro atoms. The number of benzene rings is 2. The Balaban J connectivity index is 2.11. The molecule has 0 saturated heterocycles. The summed E-state index contributed by atoms with van der Waals surface area (Å²) in [5, 5.41) is 3.34. The predicted molar refractivity (Wildman–Crippen MR) is 82.6 cm³/mol. The smallest absolute Gasteiger partial charge is 0.123 e. The molecule has 0 bridgehead atoms. The quantitative estimate of drug-likeness (QED) is 0.872. The van der Waals surface area contributed by atoms with Gasteiger partial charge in [-0.25, -0.2) is 4.39 Å². The van der Waals surface area contributed by atoms with Gasteiger partial charge in [0.25, 0.3) is 0 Å². The lowest BCUT2D eigenvalue weighted by molar-refractivity contribution is 0.551. The molecule has 20 heavy (non-hydrogen) atoms. The minimum absolute atomic E-state index is 0.156. The molecule has 2 rings (SSSR count). The van der Waals surface area contributed by atoms with Crippen molar-refractivity contribution in [3.63, 3.8) is 0 Å². The van der Waals surface area contributed by atoms with E-state index in [1.807, 2.05) is 20.0 Å². The van der Waals surface area contributed by atoms with Crippen LogP contribution in [0.1, 0.15) is 22.3 Å². The number of halogens is 1. The Bertz CT molecular complexity index is 577. The molecule has 0 amide bonds. The minimum atomic E-state index is -0.156. The first kappa shape index (κ1) is 14.7. The second-order valence-electron chi connectivity index (χ2n) is 5.45. The lowest BCUT2D eigenvalue weighted by Crippen LogP contribution is -2.30. The molecule has 1 N–H and O–H groups in total. The Hall–Kier alpha value is -1.67. The van der Waals surface area contributed by atoms with Gasteiger partial charge in [0.2, 0.25) is 0 Å². The number of aryl methyl sites for hydroxylation is 2. The third kappa shape index (κ3) is 3.91. The van der Waals surface area contributed by atoms with Crippen molar-refractivity contribution in [3.05, 3.63) is 70.5 Å². The normalized spacial score (nSPS) is 12.4. The van der Waals surface area contributed by atoms with E-state index in [1.165, 1.54) is 17.2 Å². The average molecular weight is 271 g/mol. The molecule has 2 heteroatoms. The number of nitrogens with one attached hydrogen (secondary N) is 1. The third-order valence-electron chi connectivity index (χ3n) is 3.75. The van der Waals surface area contributed by atoms with Crippen LogP contribution < -0.4 is 5.32 Å². The molecule has 0 saturated carbocycles. The molecule has 0 aliphatic rings. The molecule has 0 radical (unpaired) electrons. The molecule has 2 aromatic carbocycles. The second kappa shape index (κ2) is 6.67. The Labute approximate surface area is 120 Å². The van der Waals surface area contributed by atoms with Crippen molar-refractivity contribution in [3.8, 4) is 0 Å². The summed E-state index contributed by atoms with van der Waals surface area (Å²) in [5.41, 5.74) is 4.82. The first-order valence-corrected chi connectivity index (χ1v) is 7.06. The van der Waals surface area contributed by atoms with Crippen LogP contribution in [0.4, 0.5) is 4.39 Å². The largest absolute Gasteiger partial charge is 0.316 e. The molecule has 1 atom stereocenters. The van der Waals surface area contributed by atoms with Crippen molar-refractivity contribution < 1.29 is 4.39 Å². The number of rotatable bonds is 5. The fraction of sp³-hybridized carbons (Fsp3) is 0.333. The molecule has 0 aliphatic heterocycles. The summed E-state index contributed by atoms with van der Waals surface area (Å²) < 4.78 is 13.4. The van der Waals surface area contributed by atoms with E-state index in [0.29, 0.717) is 6.04 Å². The monoisotopic (exact) mass is 271 g/mol. The topological polar surface area (TPSA) is 12.0 Å².